The van der Waals surface area contributed by atoms with Gasteiger partial charge in [-0.15, -0.1) is 0 Å². The zero-order valence-electron chi connectivity index (χ0n) is 10.9. The number of H-pyrrole nitrogens is 1. The summed E-state index contributed by atoms with van der Waals surface area (Å²) in [5, 5.41) is 0.750. The maximum absolute atomic E-state index is 6.33. The van der Waals surface area contributed by atoms with Crippen LogP contribution in [0.5, 0.6) is 0 Å². The summed E-state index contributed by atoms with van der Waals surface area (Å²) in [6.45, 7) is 4.85. The molecule has 0 unspecified atom stereocenters. The SMILES string of the molecule is CC1(Cn2c(=S)[nH]c3cccc(Cl)c32)CCOCC1. The average molecular weight is 297 g/mol. The topological polar surface area (TPSA) is 29.9 Å². The lowest BCUT2D eigenvalue weighted by Crippen LogP contribution is -2.31. The van der Waals surface area contributed by atoms with Crippen LogP contribution in [0.4, 0.5) is 0 Å². The summed E-state index contributed by atoms with van der Waals surface area (Å²) in [5.74, 6) is 0. The van der Waals surface area contributed by atoms with Gasteiger partial charge in [0.25, 0.3) is 0 Å². The van der Waals surface area contributed by atoms with Crippen molar-refractivity contribution in [2.75, 3.05) is 13.2 Å². The molecule has 0 radical (unpaired) electrons. The van der Waals surface area contributed by atoms with Crippen molar-refractivity contribution in [2.24, 2.45) is 5.41 Å². The number of hydrogen-bond donors (Lipinski definition) is 1. The van der Waals surface area contributed by atoms with Crippen molar-refractivity contribution in [3.63, 3.8) is 0 Å². The molecule has 1 aromatic carbocycles. The van der Waals surface area contributed by atoms with Gasteiger partial charge in [0.1, 0.15) is 0 Å². The van der Waals surface area contributed by atoms with E-state index >= 15 is 0 Å². The summed E-state index contributed by atoms with van der Waals surface area (Å²) in [6, 6.07) is 5.87. The maximum atomic E-state index is 6.33. The second-order valence-corrected chi connectivity index (χ2v) is 6.37. The number of ether oxygens (including phenoxy) is 1. The van der Waals surface area contributed by atoms with Crippen molar-refractivity contribution < 1.29 is 4.74 Å². The minimum absolute atomic E-state index is 0.227. The Labute approximate surface area is 122 Å². The molecule has 0 spiro atoms. The Balaban J connectivity index is 2.05. The van der Waals surface area contributed by atoms with Crippen LogP contribution in [0.3, 0.4) is 0 Å². The Morgan fingerprint density at radius 3 is 2.89 bits per heavy atom. The fourth-order valence-corrected chi connectivity index (χ4v) is 3.27. The van der Waals surface area contributed by atoms with E-state index in [0.29, 0.717) is 0 Å². The highest BCUT2D eigenvalue weighted by atomic mass is 35.5. The van der Waals surface area contributed by atoms with Crippen LogP contribution in [0.25, 0.3) is 11.0 Å². The smallest absolute Gasteiger partial charge is 0.178 e. The van der Waals surface area contributed by atoms with Crippen LogP contribution < -0.4 is 0 Å². The summed E-state index contributed by atoms with van der Waals surface area (Å²) in [4.78, 5) is 3.24. The number of nitrogens with one attached hydrogen (secondary N) is 1. The van der Waals surface area contributed by atoms with E-state index in [9.17, 15) is 0 Å². The van der Waals surface area contributed by atoms with Crippen molar-refractivity contribution in [3.8, 4) is 0 Å². The van der Waals surface area contributed by atoms with Gasteiger partial charge in [0.2, 0.25) is 0 Å². The van der Waals surface area contributed by atoms with Crippen molar-refractivity contribution in [2.45, 2.75) is 26.3 Å². The number of hydrogen-bond acceptors (Lipinski definition) is 2. The summed E-state index contributed by atoms with van der Waals surface area (Å²) in [7, 11) is 0. The molecule has 0 atom stereocenters. The number of nitrogens with zero attached hydrogens (tertiary/aromatic N) is 1. The fourth-order valence-electron chi connectivity index (χ4n) is 2.73. The van der Waals surface area contributed by atoms with Gasteiger partial charge in [-0.25, -0.2) is 0 Å². The van der Waals surface area contributed by atoms with Crippen molar-refractivity contribution in [1.29, 1.82) is 0 Å². The van der Waals surface area contributed by atoms with E-state index in [0.717, 1.165) is 53.4 Å². The van der Waals surface area contributed by atoms with Crippen LogP contribution in [-0.4, -0.2) is 22.8 Å². The molecule has 0 amide bonds. The van der Waals surface area contributed by atoms with Gasteiger partial charge in [-0.1, -0.05) is 24.6 Å². The quantitative estimate of drug-likeness (QED) is 0.843. The van der Waals surface area contributed by atoms with Gasteiger partial charge in [-0.2, -0.15) is 0 Å². The molecule has 1 fully saturated rings. The van der Waals surface area contributed by atoms with Crippen LogP contribution >= 0.6 is 23.8 Å². The lowest BCUT2D eigenvalue weighted by atomic mass is 9.82. The Morgan fingerprint density at radius 2 is 2.16 bits per heavy atom. The Morgan fingerprint density at radius 1 is 1.42 bits per heavy atom. The molecule has 5 heteroatoms. The molecule has 0 aliphatic carbocycles. The molecule has 3 nitrogen and oxygen atoms in total. The molecule has 1 aliphatic rings. The molecule has 1 aliphatic heterocycles. The first-order chi connectivity index (χ1) is 9.09. The van der Waals surface area contributed by atoms with Gasteiger partial charge >= 0.3 is 0 Å². The van der Waals surface area contributed by atoms with Crippen LogP contribution in [-0.2, 0) is 11.3 Å². The third-order valence-electron chi connectivity index (χ3n) is 3.98. The van der Waals surface area contributed by atoms with E-state index in [2.05, 4.69) is 16.5 Å². The molecule has 0 bridgehead atoms. The second kappa shape index (κ2) is 4.93. The van der Waals surface area contributed by atoms with E-state index < -0.39 is 0 Å². The number of halogens is 1. The van der Waals surface area contributed by atoms with E-state index in [1.54, 1.807) is 0 Å². The molecule has 1 saturated heterocycles. The average Bonchev–Trinajstić information content (AvgIpc) is 2.68. The highest BCUT2D eigenvalue weighted by molar-refractivity contribution is 7.71. The lowest BCUT2D eigenvalue weighted by Gasteiger charge is -2.34. The molecular formula is C14H17ClN2OS. The molecule has 2 heterocycles. The number of aromatic nitrogens is 2. The minimum Gasteiger partial charge on any atom is -0.381 e. The van der Waals surface area contributed by atoms with Crippen molar-refractivity contribution in [3.05, 3.63) is 28.0 Å². The maximum Gasteiger partial charge on any atom is 0.178 e. The van der Waals surface area contributed by atoms with Crippen molar-refractivity contribution in [1.82, 2.24) is 9.55 Å². The largest absolute Gasteiger partial charge is 0.381 e. The number of fused-ring (bicyclic) bond motifs is 1. The van der Waals surface area contributed by atoms with E-state index in [4.69, 9.17) is 28.6 Å². The highest BCUT2D eigenvalue weighted by Crippen LogP contribution is 2.34. The van der Waals surface area contributed by atoms with Gasteiger partial charge < -0.3 is 14.3 Å². The Kier molecular flexibility index (Phi) is 3.41. The van der Waals surface area contributed by atoms with E-state index in [1.165, 1.54) is 0 Å². The first kappa shape index (κ1) is 13.2. The standard InChI is InChI=1S/C14H17ClN2OS/c1-14(5-7-18-8-6-14)9-17-12-10(15)3-2-4-11(12)16-13(17)19/h2-4H,5-9H2,1H3,(H,16,19). The zero-order valence-corrected chi connectivity index (χ0v) is 12.5. The third-order valence-corrected chi connectivity index (χ3v) is 4.61. The third kappa shape index (κ3) is 2.45. The normalized spacial score (nSPS) is 18.8. The Bertz CT molecular complexity index is 655. The molecular weight excluding hydrogens is 280 g/mol. The van der Waals surface area contributed by atoms with Crippen LogP contribution in [0.1, 0.15) is 19.8 Å². The monoisotopic (exact) mass is 296 g/mol. The first-order valence-corrected chi connectivity index (χ1v) is 7.32. The zero-order chi connectivity index (χ0) is 13.5. The summed E-state index contributed by atoms with van der Waals surface area (Å²) >= 11 is 11.8. The number of aromatic amines is 1. The number of benzene rings is 1. The number of para-hydroxylation sites is 1. The molecule has 19 heavy (non-hydrogen) atoms. The van der Waals surface area contributed by atoms with E-state index in [1.807, 2.05) is 18.2 Å². The molecule has 102 valence electrons. The Hall–Kier alpha value is -0.840. The fraction of sp³-hybridized carbons (Fsp3) is 0.500. The highest BCUT2D eigenvalue weighted by Gasteiger charge is 2.28. The van der Waals surface area contributed by atoms with Crippen LogP contribution in [0, 0.1) is 10.2 Å². The summed E-state index contributed by atoms with van der Waals surface area (Å²) in [5.41, 5.74) is 2.25. The lowest BCUT2D eigenvalue weighted by molar-refractivity contribution is 0.0159. The number of imidazole rings is 1. The van der Waals surface area contributed by atoms with Gasteiger partial charge in [0, 0.05) is 19.8 Å². The van der Waals surface area contributed by atoms with Gasteiger partial charge in [-0.05, 0) is 42.6 Å². The van der Waals surface area contributed by atoms with Gasteiger partial charge in [-0.3, -0.25) is 0 Å². The summed E-state index contributed by atoms with van der Waals surface area (Å²) in [6.07, 6.45) is 2.12. The first-order valence-electron chi connectivity index (χ1n) is 6.54. The van der Waals surface area contributed by atoms with Gasteiger partial charge in [0.05, 0.1) is 16.1 Å². The van der Waals surface area contributed by atoms with Crippen LogP contribution in [0.15, 0.2) is 18.2 Å². The van der Waals surface area contributed by atoms with Crippen LogP contribution in [0.2, 0.25) is 5.02 Å². The van der Waals surface area contributed by atoms with E-state index in [-0.39, 0.29) is 5.41 Å². The molecule has 1 aromatic heterocycles. The number of rotatable bonds is 2. The molecule has 3 rings (SSSR count). The van der Waals surface area contributed by atoms with Crippen molar-refractivity contribution >= 4 is 34.9 Å². The van der Waals surface area contributed by atoms with Gasteiger partial charge in [0.15, 0.2) is 4.77 Å². The molecule has 0 saturated carbocycles. The molecule has 1 N–H and O–H groups in total. The molecule has 2 aromatic rings. The summed E-state index contributed by atoms with van der Waals surface area (Å²) < 4.78 is 8.34. The second-order valence-electron chi connectivity index (χ2n) is 5.58. The predicted octanol–water partition coefficient (Wildman–Crippen LogP) is 4.17. The minimum atomic E-state index is 0.227. The predicted molar refractivity (Wildman–Crippen MR) is 80.3 cm³/mol.